The molecule has 0 aliphatic carbocycles. The van der Waals surface area contributed by atoms with Gasteiger partial charge in [0.2, 0.25) is 0 Å². The van der Waals surface area contributed by atoms with Gasteiger partial charge in [0, 0.05) is 0 Å². The highest BCUT2D eigenvalue weighted by Crippen LogP contribution is 2.33. The van der Waals surface area contributed by atoms with Crippen LogP contribution < -0.4 is 0 Å². The molecule has 0 amide bonds. The van der Waals surface area contributed by atoms with Crippen molar-refractivity contribution < 1.29 is 4.39 Å². The van der Waals surface area contributed by atoms with Crippen LogP contribution in [0, 0.1) is 5.82 Å². The van der Waals surface area contributed by atoms with E-state index in [0.717, 1.165) is 0 Å². The van der Waals surface area contributed by atoms with Crippen LogP contribution in [0.1, 0.15) is 0 Å². The Balaban J connectivity index is 2.11. The number of rotatable bonds is 2. The van der Waals surface area contributed by atoms with E-state index in [2.05, 4.69) is 25.1 Å². The predicted molar refractivity (Wildman–Crippen MR) is 72.8 cm³/mol. The number of benzene rings is 1. The fourth-order valence-corrected chi connectivity index (χ4v) is 2.29. The van der Waals surface area contributed by atoms with E-state index in [1.54, 1.807) is 12.1 Å². The quantitative estimate of drug-likeness (QED) is 0.737. The highest BCUT2D eigenvalue weighted by molar-refractivity contribution is 6.37. The molecule has 20 heavy (non-hydrogen) atoms. The molecule has 0 bridgehead atoms. The van der Waals surface area contributed by atoms with Gasteiger partial charge in [0.15, 0.2) is 11.6 Å². The molecule has 3 aromatic rings. The molecule has 8 heteroatoms. The van der Waals surface area contributed by atoms with Crippen molar-refractivity contribution >= 4 is 23.2 Å². The van der Waals surface area contributed by atoms with E-state index in [9.17, 15) is 4.39 Å². The maximum atomic E-state index is 12.9. The lowest BCUT2D eigenvalue weighted by Gasteiger charge is -2.07. The van der Waals surface area contributed by atoms with Crippen molar-refractivity contribution in [3.8, 4) is 22.8 Å². The van der Waals surface area contributed by atoms with Gasteiger partial charge in [-0.3, -0.25) is 5.10 Å². The molecule has 0 unspecified atom stereocenters. The zero-order valence-electron chi connectivity index (χ0n) is 9.81. The van der Waals surface area contributed by atoms with Crippen molar-refractivity contribution in [1.29, 1.82) is 0 Å². The summed E-state index contributed by atoms with van der Waals surface area (Å²) >= 11 is 12.3. The first-order valence-electron chi connectivity index (χ1n) is 5.50. The van der Waals surface area contributed by atoms with Gasteiger partial charge in [0.25, 0.3) is 0 Å². The number of hydrogen-bond donors (Lipinski definition) is 1. The van der Waals surface area contributed by atoms with Gasteiger partial charge in [-0.1, -0.05) is 35.3 Å². The van der Waals surface area contributed by atoms with Crippen molar-refractivity contribution in [3.05, 3.63) is 46.7 Å². The second kappa shape index (κ2) is 5.15. The van der Waals surface area contributed by atoms with Gasteiger partial charge in [-0.25, -0.2) is 19.3 Å². The van der Waals surface area contributed by atoms with Crippen LogP contribution in [0.3, 0.4) is 0 Å². The SMILES string of the molecule is Fc1ccc(-c2c(Cl)nc(-c3ncn[nH]3)nc2Cl)cc1. The van der Waals surface area contributed by atoms with Crippen molar-refractivity contribution in [2.24, 2.45) is 0 Å². The normalized spacial score (nSPS) is 10.8. The fourth-order valence-electron chi connectivity index (χ4n) is 1.68. The number of nitrogens with zero attached hydrogens (tertiary/aromatic N) is 4. The lowest BCUT2D eigenvalue weighted by molar-refractivity contribution is 0.628. The zero-order valence-corrected chi connectivity index (χ0v) is 11.3. The Morgan fingerprint density at radius 1 is 1.00 bits per heavy atom. The van der Waals surface area contributed by atoms with Crippen LogP contribution in [-0.4, -0.2) is 25.1 Å². The smallest absolute Gasteiger partial charge is 0.200 e. The molecular formula is C12H6Cl2FN5. The Bertz CT molecular complexity index is 720. The van der Waals surface area contributed by atoms with Crippen molar-refractivity contribution in [1.82, 2.24) is 25.1 Å². The van der Waals surface area contributed by atoms with Gasteiger partial charge >= 0.3 is 0 Å². The Hall–Kier alpha value is -2.05. The average Bonchev–Trinajstić information content (AvgIpc) is 2.94. The van der Waals surface area contributed by atoms with E-state index in [-0.39, 0.29) is 21.9 Å². The van der Waals surface area contributed by atoms with Crippen LogP contribution in [-0.2, 0) is 0 Å². The van der Waals surface area contributed by atoms with Crippen LogP contribution >= 0.6 is 23.2 Å². The van der Waals surface area contributed by atoms with E-state index in [0.29, 0.717) is 17.0 Å². The van der Waals surface area contributed by atoms with Crippen LogP contribution in [0.4, 0.5) is 4.39 Å². The highest BCUT2D eigenvalue weighted by atomic mass is 35.5. The third-order valence-electron chi connectivity index (χ3n) is 2.58. The van der Waals surface area contributed by atoms with Gasteiger partial charge in [-0.15, -0.1) is 0 Å². The van der Waals surface area contributed by atoms with Gasteiger partial charge in [-0.05, 0) is 17.7 Å². The number of halogens is 3. The molecular weight excluding hydrogens is 304 g/mol. The molecule has 100 valence electrons. The molecule has 0 aliphatic rings. The molecule has 2 heterocycles. The summed E-state index contributed by atoms with van der Waals surface area (Å²) in [6.45, 7) is 0. The first kappa shape index (κ1) is 13.0. The van der Waals surface area contributed by atoms with E-state index >= 15 is 0 Å². The summed E-state index contributed by atoms with van der Waals surface area (Å²) < 4.78 is 12.9. The predicted octanol–water partition coefficient (Wildman–Crippen LogP) is 3.37. The lowest BCUT2D eigenvalue weighted by atomic mass is 10.1. The Kier molecular flexibility index (Phi) is 3.33. The summed E-state index contributed by atoms with van der Waals surface area (Å²) in [7, 11) is 0. The minimum Gasteiger partial charge on any atom is -0.257 e. The molecule has 0 saturated heterocycles. The van der Waals surface area contributed by atoms with E-state index in [1.807, 2.05) is 0 Å². The molecule has 0 aliphatic heterocycles. The number of hydrogen-bond acceptors (Lipinski definition) is 4. The molecule has 1 N–H and O–H groups in total. The third kappa shape index (κ3) is 2.35. The molecule has 2 aromatic heterocycles. The second-order valence-electron chi connectivity index (χ2n) is 3.84. The summed E-state index contributed by atoms with van der Waals surface area (Å²) in [5.74, 6) is 0.253. The Morgan fingerprint density at radius 3 is 2.20 bits per heavy atom. The number of nitrogens with one attached hydrogen (secondary N) is 1. The molecule has 3 rings (SSSR count). The maximum Gasteiger partial charge on any atom is 0.200 e. The second-order valence-corrected chi connectivity index (χ2v) is 4.56. The van der Waals surface area contributed by atoms with Gasteiger partial charge in [0.05, 0.1) is 5.56 Å². The summed E-state index contributed by atoms with van der Waals surface area (Å²) in [6, 6.07) is 5.73. The first-order valence-corrected chi connectivity index (χ1v) is 6.25. The van der Waals surface area contributed by atoms with Crippen LogP contribution in [0.5, 0.6) is 0 Å². The first-order chi connectivity index (χ1) is 9.65. The third-order valence-corrected chi connectivity index (χ3v) is 3.13. The van der Waals surface area contributed by atoms with Crippen LogP contribution in [0.15, 0.2) is 30.6 Å². The topological polar surface area (TPSA) is 67.3 Å². The number of aromatic amines is 1. The zero-order chi connectivity index (χ0) is 14.1. The molecule has 0 atom stereocenters. The molecule has 0 spiro atoms. The average molecular weight is 310 g/mol. The summed E-state index contributed by atoms with van der Waals surface area (Å²) in [6.07, 6.45) is 1.33. The standard InChI is InChI=1S/C12H6Cl2FN5/c13-9-8(6-1-3-7(15)4-2-6)10(14)19-12(18-9)11-16-5-17-20-11/h1-5H,(H,16,17,20). The molecule has 0 saturated carbocycles. The largest absolute Gasteiger partial charge is 0.257 e. The minimum absolute atomic E-state index is 0.156. The minimum atomic E-state index is -0.347. The van der Waals surface area contributed by atoms with Gasteiger partial charge < -0.3 is 0 Å². The summed E-state index contributed by atoms with van der Waals surface area (Å²) in [4.78, 5) is 12.2. The van der Waals surface area contributed by atoms with Gasteiger partial charge in [0.1, 0.15) is 22.5 Å². The van der Waals surface area contributed by atoms with Gasteiger partial charge in [-0.2, -0.15) is 5.10 Å². The highest BCUT2D eigenvalue weighted by Gasteiger charge is 2.15. The summed E-state index contributed by atoms with van der Waals surface area (Å²) in [5, 5.41) is 6.64. The lowest BCUT2D eigenvalue weighted by Crippen LogP contribution is -1.96. The number of aromatic nitrogens is 5. The van der Waals surface area contributed by atoms with E-state index < -0.39 is 0 Å². The van der Waals surface area contributed by atoms with Crippen molar-refractivity contribution in [2.45, 2.75) is 0 Å². The Morgan fingerprint density at radius 2 is 1.65 bits per heavy atom. The Labute approximate surface area is 122 Å². The van der Waals surface area contributed by atoms with Crippen molar-refractivity contribution in [3.63, 3.8) is 0 Å². The van der Waals surface area contributed by atoms with Crippen molar-refractivity contribution in [2.75, 3.05) is 0 Å². The summed E-state index contributed by atoms with van der Waals surface area (Å²) in [5.41, 5.74) is 1.07. The molecule has 0 fully saturated rings. The van der Waals surface area contributed by atoms with Crippen LogP contribution in [0.2, 0.25) is 10.3 Å². The van der Waals surface area contributed by atoms with Crippen LogP contribution in [0.25, 0.3) is 22.8 Å². The molecule has 5 nitrogen and oxygen atoms in total. The van der Waals surface area contributed by atoms with E-state index in [4.69, 9.17) is 23.2 Å². The molecule has 0 radical (unpaired) electrons. The maximum absolute atomic E-state index is 12.9. The monoisotopic (exact) mass is 309 g/mol. The number of H-pyrrole nitrogens is 1. The fraction of sp³-hybridized carbons (Fsp3) is 0. The van der Waals surface area contributed by atoms with E-state index in [1.165, 1.54) is 18.5 Å². The molecule has 1 aromatic carbocycles.